The fraction of sp³-hybridized carbons (Fsp3) is 0.500. The molecule has 88 valence electrons. The highest BCUT2D eigenvalue weighted by Gasteiger charge is 2.19. The van der Waals surface area contributed by atoms with Crippen LogP contribution >= 0.6 is 11.8 Å². The molecule has 0 radical (unpaired) electrons. The molecule has 16 heavy (non-hydrogen) atoms. The minimum absolute atomic E-state index is 0.0584. The lowest BCUT2D eigenvalue weighted by molar-refractivity contribution is -0.121. The van der Waals surface area contributed by atoms with Crippen LogP contribution in [0.15, 0.2) is 24.5 Å². The number of aromatic nitrogens is 1. The first-order chi connectivity index (χ1) is 7.70. The van der Waals surface area contributed by atoms with Gasteiger partial charge in [-0.25, -0.2) is 0 Å². The van der Waals surface area contributed by atoms with E-state index in [-0.39, 0.29) is 11.8 Å². The van der Waals surface area contributed by atoms with Crippen LogP contribution in [0, 0.1) is 5.92 Å². The Balaban J connectivity index is 2.79. The van der Waals surface area contributed by atoms with Gasteiger partial charge in [0.25, 0.3) is 0 Å². The van der Waals surface area contributed by atoms with Crippen molar-refractivity contribution in [1.82, 2.24) is 4.98 Å². The number of amides is 1. The minimum Gasteiger partial charge on any atom is -0.312 e. The van der Waals surface area contributed by atoms with Gasteiger partial charge < -0.3 is 4.90 Å². The monoisotopic (exact) mass is 238 g/mol. The summed E-state index contributed by atoms with van der Waals surface area (Å²) in [6.07, 6.45) is 5.45. The molecule has 1 amide bonds. The molecule has 1 aromatic heterocycles. The molecule has 0 N–H and O–H groups in total. The van der Waals surface area contributed by atoms with Crippen molar-refractivity contribution in [3.8, 4) is 0 Å². The van der Waals surface area contributed by atoms with E-state index in [4.69, 9.17) is 0 Å². The van der Waals surface area contributed by atoms with Gasteiger partial charge in [0.05, 0.1) is 0 Å². The fourth-order valence-corrected chi connectivity index (χ4v) is 2.22. The van der Waals surface area contributed by atoms with Gasteiger partial charge >= 0.3 is 0 Å². The third kappa shape index (κ3) is 3.23. The Labute approximate surface area is 101 Å². The number of pyridine rings is 1. The van der Waals surface area contributed by atoms with E-state index in [2.05, 4.69) is 4.98 Å². The standard InChI is InChI=1S/C12H18N2OS/c1-4-14(11-5-7-13-8-6-11)12(15)10(2)9-16-3/h5-8,10H,4,9H2,1-3H3/t10-/m1/s1. The van der Waals surface area contributed by atoms with Crippen molar-refractivity contribution < 1.29 is 4.79 Å². The lowest BCUT2D eigenvalue weighted by Crippen LogP contribution is -2.35. The highest BCUT2D eigenvalue weighted by molar-refractivity contribution is 7.98. The highest BCUT2D eigenvalue weighted by Crippen LogP contribution is 2.16. The average Bonchev–Trinajstić information content (AvgIpc) is 2.31. The SMILES string of the molecule is CCN(C(=O)[C@H](C)CSC)c1ccncc1. The molecule has 1 rings (SSSR count). The van der Waals surface area contributed by atoms with E-state index in [1.54, 1.807) is 24.2 Å². The van der Waals surface area contributed by atoms with E-state index in [9.17, 15) is 4.79 Å². The number of hydrogen-bond acceptors (Lipinski definition) is 3. The zero-order chi connectivity index (χ0) is 12.0. The molecule has 0 saturated heterocycles. The molecule has 0 saturated carbocycles. The summed E-state index contributed by atoms with van der Waals surface area (Å²) in [5.74, 6) is 1.10. The summed E-state index contributed by atoms with van der Waals surface area (Å²) in [4.78, 5) is 17.9. The van der Waals surface area contributed by atoms with Crippen LogP contribution in [0.4, 0.5) is 5.69 Å². The van der Waals surface area contributed by atoms with Gasteiger partial charge in [-0.2, -0.15) is 11.8 Å². The normalized spacial score (nSPS) is 12.2. The number of anilines is 1. The van der Waals surface area contributed by atoms with Crippen LogP contribution in [0.3, 0.4) is 0 Å². The summed E-state index contributed by atoms with van der Waals surface area (Å²) in [6.45, 7) is 4.66. The Hall–Kier alpha value is -1.03. The summed E-state index contributed by atoms with van der Waals surface area (Å²) in [5, 5.41) is 0. The van der Waals surface area contributed by atoms with Gasteiger partial charge in [0.2, 0.25) is 5.91 Å². The van der Waals surface area contributed by atoms with Crippen molar-refractivity contribution in [2.75, 3.05) is 23.5 Å². The molecule has 4 heteroatoms. The molecule has 0 unspecified atom stereocenters. The van der Waals surface area contributed by atoms with Gasteiger partial charge in [0, 0.05) is 36.3 Å². The van der Waals surface area contributed by atoms with E-state index in [0.717, 1.165) is 11.4 Å². The molecule has 0 aromatic carbocycles. The van der Waals surface area contributed by atoms with E-state index < -0.39 is 0 Å². The van der Waals surface area contributed by atoms with Crippen LogP contribution in [0.25, 0.3) is 0 Å². The minimum atomic E-state index is 0.0584. The molecular formula is C12H18N2OS. The molecule has 0 spiro atoms. The van der Waals surface area contributed by atoms with Gasteiger partial charge in [-0.05, 0) is 25.3 Å². The van der Waals surface area contributed by atoms with Gasteiger partial charge in [-0.1, -0.05) is 6.92 Å². The number of rotatable bonds is 5. The largest absolute Gasteiger partial charge is 0.312 e. The lowest BCUT2D eigenvalue weighted by atomic mass is 10.1. The second-order valence-electron chi connectivity index (χ2n) is 3.64. The summed E-state index contributed by atoms with van der Waals surface area (Å²) < 4.78 is 0. The number of carbonyl (C=O) groups excluding carboxylic acids is 1. The Kier molecular flexibility index (Phi) is 5.32. The van der Waals surface area contributed by atoms with E-state index in [0.29, 0.717) is 6.54 Å². The molecule has 1 aromatic rings. The highest BCUT2D eigenvalue weighted by atomic mass is 32.2. The third-order valence-corrected chi connectivity index (χ3v) is 3.23. The van der Waals surface area contributed by atoms with Crippen molar-refractivity contribution in [3.05, 3.63) is 24.5 Å². The first-order valence-electron chi connectivity index (χ1n) is 5.41. The van der Waals surface area contributed by atoms with Crippen LogP contribution in [0.5, 0.6) is 0 Å². The smallest absolute Gasteiger partial charge is 0.230 e. The van der Waals surface area contributed by atoms with E-state index >= 15 is 0 Å². The molecule has 0 bridgehead atoms. The maximum absolute atomic E-state index is 12.2. The van der Waals surface area contributed by atoms with Crippen LogP contribution in [0.1, 0.15) is 13.8 Å². The number of carbonyl (C=O) groups is 1. The molecule has 3 nitrogen and oxygen atoms in total. The predicted octanol–water partition coefficient (Wildman–Crippen LogP) is 2.43. The second-order valence-corrected chi connectivity index (χ2v) is 4.55. The van der Waals surface area contributed by atoms with Gasteiger partial charge in [-0.15, -0.1) is 0 Å². The topological polar surface area (TPSA) is 33.2 Å². The van der Waals surface area contributed by atoms with Crippen LogP contribution < -0.4 is 4.90 Å². The molecule has 1 heterocycles. The fourth-order valence-electron chi connectivity index (χ4n) is 1.58. The Morgan fingerprint density at radius 3 is 2.62 bits per heavy atom. The Morgan fingerprint density at radius 2 is 2.12 bits per heavy atom. The molecular weight excluding hydrogens is 220 g/mol. The number of thioether (sulfide) groups is 1. The van der Waals surface area contributed by atoms with Gasteiger partial charge in [0.1, 0.15) is 0 Å². The van der Waals surface area contributed by atoms with E-state index in [1.165, 1.54) is 0 Å². The van der Waals surface area contributed by atoms with E-state index in [1.807, 2.05) is 37.1 Å². The summed E-state index contributed by atoms with van der Waals surface area (Å²) in [7, 11) is 0. The zero-order valence-electron chi connectivity index (χ0n) is 10.0. The second kappa shape index (κ2) is 6.53. The first-order valence-corrected chi connectivity index (χ1v) is 6.80. The summed E-state index contributed by atoms with van der Waals surface area (Å²) in [5.41, 5.74) is 0.926. The van der Waals surface area contributed by atoms with Crippen molar-refractivity contribution in [3.63, 3.8) is 0 Å². The van der Waals surface area contributed by atoms with Gasteiger partial charge in [0.15, 0.2) is 0 Å². The maximum atomic E-state index is 12.2. The molecule has 0 aliphatic rings. The number of hydrogen-bond donors (Lipinski definition) is 0. The van der Waals surface area contributed by atoms with Gasteiger partial charge in [-0.3, -0.25) is 9.78 Å². The first kappa shape index (κ1) is 13.0. The molecule has 0 fully saturated rings. The van der Waals surface area contributed by atoms with Crippen LogP contribution in [0.2, 0.25) is 0 Å². The Morgan fingerprint density at radius 1 is 1.50 bits per heavy atom. The quantitative estimate of drug-likeness (QED) is 0.790. The zero-order valence-corrected chi connectivity index (χ0v) is 10.8. The predicted molar refractivity (Wildman–Crippen MR) is 69.8 cm³/mol. The lowest BCUT2D eigenvalue weighted by Gasteiger charge is -2.24. The molecule has 0 aliphatic heterocycles. The summed E-state index contributed by atoms with van der Waals surface area (Å²) in [6, 6.07) is 3.74. The summed E-state index contributed by atoms with van der Waals surface area (Å²) >= 11 is 1.70. The van der Waals surface area contributed by atoms with Crippen molar-refractivity contribution in [2.45, 2.75) is 13.8 Å². The molecule has 0 aliphatic carbocycles. The third-order valence-electron chi connectivity index (χ3n) is 2.39. The van der Waals surface area contributed by atoms with Crippen LogP contribution in [-0.4, -0.2) is 29.4 Å². The van der Waals surface area contributed by atoms with Crippen molar-refractivity contribution in [2.24, 2.45) is 5.92 Å². The van der Waals surface area contributed by atoms with Crippen LogP contribution in [-0.2, 0) is 4.79 Å². The maximum Gasteiger partial charge on any atom is 0.230 e. The van der Waals surface area contributed by atoms with Crippen molar-refractivity contribution >= 4 is 23.4 Å². The Bertz CT molecular complexity index is 329. The average molecular weight is 238 g/mol. The van der Waals surface area contributed by atoms with Crippen molar-refractivity contribution in [1.29, 1.82) is 0 Å². The number of nitrogens with zero attached hydrogens (tertiary/aromatic N) is 2. The molecule has 1 atom stereocenters.